The first-order valence-corrected chi connectivity index (χ1v) is 8.18. The maximum Gasteiger partial charge on any atom is 0.341 e. The summed E-state index contributed by atoms with van der Waals surface area (Å²) in [6.45, 7) is 7.07. The minimum absolute atomic E-state index is 0.276. The average molecular weight is 305 g/mol. The quantitative estimate of drug-likeness (QED) is 0.842. The topological polar surface area (TPSA) is 46.2 Å². The lowest BCUT2D eigenvalue weighted by atomic mass is 9.96. The number of nitrogens with one attached hydrogen (secondary N) is 1. The van der Waals surface area contributed by atoms with Gasteiger partial charge < -0.3 is 5.32 Å². The minimum Gasteiger partial charge on any atom is -0.314 e. The van der Waals surface area contributed by atoms with Crippen LogP contribution in [0.5, 0.6) is 0 Å². The second kappa shape index (κ2) is 7.13. The van der Waals surface area contributed by atoms with Crippen molar-refractivity contribution in [3.05, 3.63) is 29.8 Å². The Labute approximate surface area is 119 Å². The fourth-order valence-electron chi connectivity index (χ4n) is 1.98. The van der Waals surface area contributed by atoms with Gasteiger partial charge in [0.25, 0.3) is 0 Å². The van der Waals surface area contributed by atoms with Gasteiger partial charge in [-0.25, -0.2) is 8.42 Å². The van der Waals surface area contributed by atoms with Gasteiger partial charge in [-0.2, -0.15) is 8.78 Å². The molecule has 3 nitrogen and oxygen atoms in total. The Hall–Kier alpha value is -1.01. The molecule has 1 atom stereocenters. The van der Waals surface area contributed by atoms with Gasteiger partial charge in [0.15, 0.2) is 0 Å². The molecule has 0 aromatic heterocycles. The molecule has 114 valence electrons. The Kier molecular flexibility index (Phi) is 6.07. The summed E-state index contributed by atoms with van der Waals surface area (Å²) < 4.78 is 47.5. The van der Waals surface area contributed by atoms with Gasteiger partial charge in [0.05, 0.1) is 4.90 Å². The highest BCUT2D eigenvalue weighted by Crippen LogP contribution is 2.19. The van der Waals surface area contributed by atoms with Crippen LogP contribution < -0.4 is 5.32 Å². The summed E-state index contributed by atoms with van der Waals surface area (Å²) in [5.41, 5.74) is 0.929. The van der Waals surface area contributed by atoms with E-state index >= 15 is 0 Å². The van der Waals surface area contributed by atoms with Crippen molar-refractivity contribution < 1.29 is 17.2 Å². The van der Waals surface area contributed by atoms with E-state index in [9.17, 15) is 17.2 Å². The normalized spacial score (nSPS) is 13.9. The van der Waals surface area contributed by atoms with E-state index in [4.69, 9.17) is 0 Å². The first-order chi connectivity index (χ1) is 9.28. The Morgan fingerprint density at radius 1 is 1.15 bits per heavy atom. The van der Waals surface area contributed by atoms with Gasteiger partial charge in [0, 0.05) is 6.04 Å². The zero-order valence-electron chi connectivity index (χ0n) is 11.9. The molecule has 6 heteroatoms. The van der Waals surface area contributed by atoms with E-state index in [1.165, 1.54) is 12.1 Å². The second-order valence-corrected chi connectivity index (χ2v) is 6.98. The zero-order valence-corrected chi connectivity index (χ0v) is 12.8. The molecule has 0 saturated heterocycles. The molecule has 0 radical (unpaired) electrons. The van der Waals surface area contributed by atoms with Crippen molar-refractivity contribution >= 4 is 9.84 Å². The lowest BCUT2D eigenvalue weighted by Crippen LogP contribution is -2.35. The van der Waals surface area contributed by atoms with E-state index in [2.05, 4.69) is 19.2 Å². The van der Waals surface area contributed by atoms with Gasteiger partial charge in [-0.05, 0) is 36.6 Å². The first kappa shape index (κ1) is 17.0. The average Bonchev–Trinajstić information content (AvgIpc) is 2.38. The van der Waals surface area contributed by atoms with E-state index < -0.39 is 15.6 Å². The molecular weight excluding hydrogens is 284 g/mol. The summed E-state index contributed by atoms with van der Waals surface area (Å²) in [7, 11) is -4.50. The summed E-state index contributed by atoms with van der Waals surface area (Å²) >= 11 is 0. The molecule has 0 aliphatic heterocycles. The smallest absolute Gasteiger partial charge is 0.314 e. The number of rotatable bonds is 7. The standard InChI is InChI=1S/C14H21F2NO2S/c1-4-17-13(10(2)3)9-11-5-7-12(8-6-11)20(18,19)14(15)16/h5-8,10,13-14,17H,4,9H2,1-3H3. The Bertz CT molecular complexity index is 512. The van der Waals surface area contributed by atoms with Gasteiger partial charge in [-0.1, -0.05) is 32.9 Å². The highest BCUT2D eigenvalue weighted by atomic mass is 32.2. The van der Waals surface area contributed by atoms with Crippen molar-refractivity contribution in [1.29, 1.82) is 0 Å². The minimum atomic E-state index is -4.50. The van der Waals surface area contributed by atoms with Crippen molar-refractivity contribution in [2.45, 2.75) is 43.9 Å². The van der Waals surface area contributed by atoms with Crippen LogP contribution in [0.15, 0.2) is 29.2 Å². The van der Waals surface area contributed by atoms with E-state index in [1.54, 1.807) is 12.1 Å². The third kappa shape index (κ3) is 4.24. The van der Waals surface area contributed by atoms with E-state index in [0.717, 1.165) is 18.5 Å². The number of likely N-dealkylation sites (N-methyl/N-ethyl adjacent to an activating group) is 1. The van der Waals surface area contributed by atoms with Crippen LogP contribution in [-0.2, 0) is 16.3 Å². The van der Waals surface area contributed by atoms with Crippen molar-refractivity contribution in [3.63, 3.8) is 0 Å². The van der Waals surface area contributed by atoms with E-state index in [-0.39, 0.29) is 10.9 Å². The summed E-state index contributed by atoms with van der Waals surface area (Å²) in [5.74, 6) is -2.95. The predicted octanol–water partition coefficient (Wildman–Crippen LogP) is 2.86. The lowest BCUT2D eigenvalue weighted by Gasteiger charge is -2.21. The third-order valence-corrected chi connectivity index (χ3v) is 4.61. The summed E-state index contributed by atoms with van der Waals surface area (Å²) in [6, 6.07) is 5.97. The molecule has 1 unspecified atom stereocenters. The molecule has 0 amide bonds. The van der Waals surface area contributed by atoms with Crippen molar-refractivity contribution in [2.24, 2.45) is 5.92 Å². The number of benzene rings is 1. The van der Waals surface area contributed by atoms with Crippen molar-refractivity contribution in [1.82, 2.24) is 5.32 Å². The Morgan fingerprint density at radius 3 is 2.10 bits per heavy atom. The predicted molar refractivity (Wildman–Crippen MR) is 75.6 cm³/mol. The molecule has 0 saturated carbocycles. The van der Waals surface area contributed by atoms with E-state index in [0.29, 0.717) is 5.92 Å². The maximum absolute atomic E-state index is 12.4. The van der Waals surface area contributed by atoms with Gasteiger partial charge >= 0.3 is 5.76 Å². The fourth-order valence-corrected chi connectivity index (χ4v) is 2.70. The molecule has 1 rings (SSSR count). The monoisotopic (exact) mass is 305 g/mol. The van der Waals surface area contributed by atoms with Crippen molar-refractivity contribution in [2.75, 3.05) is 6.54 Å². The van der Waals surface area contributed by atoms with Gasteiger partial charge in [-0.3, -0.25) is 0 Å². The van der Waals surface area contributed by atoms with Gasteiger partial charge in [-0.15, -0.1) is 0 Å². The van der Waals surface area contributed by atoms with Crippen LogP contribution in [0.2, 0.25) is 0 Å². The van der Waals surface area contributed by atoms with Crippen LogP contribution in [0, 0.1) is 5.92 Å². The van der Waals surface area contributed by atoms with E-state index in [1.807, 2.05) is 6.92 Å². The molecule has 0 spiro atoms. The molecule has 0 heterocycles. The fraction of sp³-hybridized carbons (Fsp3) is 0.571. The molecule has 0 aliphatic carbocycles. The van der Waals surface area contributed by atoms with Crippen molar-refractivity contribution in [3.8, 4) is 0 Å². The first-order valence-electron chi connectivity index (χ1n) is 6.63. The molecular formula is C14H21F2NO2S. The summed E-state index contributed by atoms with van der Waals surface area (Å²) in [6.07, 6.45) is 0.737. The molecule has 0 aliphatic rings. The summed E-state index contributed by atoms with van der Waals surface area (Å²) in [4.78, 5) is -0.333. The highest BCUT2D eigenvalue weighted by molar-refractivity contribution is 7.91. The Morgan fingerprint density at radius 2 is 1.70 bits per heavy atom. The van der Waals surface area contributed by atoms with Crippen LogP contribution in [0.1, 0.15) is 26.3 Å². The number of alkyl halides is 2. The zero-order chi connectivity index (χ0) is 15.3. The maximum atomic E-state index is 12.4. The molecule has 1 N–H and O–H groups in total. The molecule has 0 fully saturated rings. The van der Waals surface area contributed by atoms with Crippen LogP contribution in [-0.4, -0.2) is 26.8 Å². The van der Waals surface area contributed by atoms with Gasteiger partial charge in [0.1, 0.15) is 0 Å². The molecule has 1 aromatic rings. The van der Waals surface area contributed by atoms with Crippen LogP contribution in [0.25, 0.3) is 0 Å². The number of hydrogen-bond acceptors (Lipinski definition) is 3. The molecule has 1 aromatic carbocycles. The van der Waals surface area contributed by atoms with Gasteiger partial charge in [0.2, 0.25) is 9.84 Å². The second-order valence-electron chi connectivity index (χ2n) is 5.06. The molecule has 20 heavy (non-hydrogen) atoms. The lowest BCUT2D eigenvalue weighted by molar-refractivity contribution is 0.234. The largest absolute Gasteiger partial charge is 0.341 e. The number of halogens is 2. The van der Waals surface area contributed by atoms with Crippen LogP contribution >= 0.6 is 0 Å². The van der Waals surface area contributed by atoms with Crippen LogP contribution in [0.3, 0.4) is 0 Å². The highest BCUT2D eigenvalue weighted by Gasteiger charge is 2.26. The third-order valence-electron chi connectivity index (χ3n) is 3.21. The van der Waals surface area contributed by atoms with Crippen LogP contribution in [0.4, 0.5) is 8.78 Å². The number of hydrogen-bond donors (Lipinski definition) is 1. The Balaban J connectivity index is 2.86. The molecule has 0 bridgehead atoms. The SMILES string of the molecule is CCNC(Cc1ccc(S(=O)(=O)C(F)F)cc1)C(C)C. The number of sulfone groups is 1. The summed E-state index contributed by atoms with van der Waals surface area (Å²) in [5, 5.41) is 3.36.